The van der Waals surface area contributed by atoms with E-state index in [4.69, 9.17) is 5.26 Å². The van der Waals surface area contributed by atoms with Crippen LogP contribution in [0.5, 0.6) is 0 Å². The molecule has 1 aromatic heterocycles. The van der Waals surface area contributed by atoms with Crippen LogP contribution in [0.2, 0.25) is 0 Å². The highest BCUT2D eigenvalue weighted by Gasteiger charge is 2.37. The van der Waals surface area contributed by atoms with Gasteiger partial charge in [-0.05, 0) is 31.4 Å². The van der Waals surface area contributed by atoms with Crippen LogP contribution >= 0.6 is 0 Å². The van der Waals surface area contributed by atoms with Crippen LogP contribution in [0.4, 0.5) is 0 Å². The Morgan fingerprint density at radius 2 is 2.58 bits per heavy atom. The Morgan fingerprint density at radius 1 is 1.75 bits per heavy atom. The van der Waals surface area contributed by atoms with Crippen LogP contribution in [0.25, 0.3) is 0 Å². The summed E-state index contributed by atoms with van der Waals surface area (Å²) < 4.78 is 2.22. The van der Waals surface area contributed by atoms with Crippen LogP contribution in [0.15, 0.2) is 18.3 Å². The summed E-state index contributed by atoms with van der Waals surface area (Å²) in [7, 11) is 0. The third-order valence-corrected chi connectivity index (χ3v) is 2.58. The first kappa shape index (κ1) is 7.42. The first-order valence-electron chi connectivity index (χ1n) is 4.32. The molecule has 0 radical (unpaired) electrons. The molecule has 12 heavy (non-hydrogen) atoms. The lowest BCUT2D eigenvalue weighted by atomic mass is 10.3. The molecule has 0 aliphatic heterocycles. The minimum Gasteiger partial charge on any atom is -0.351 e. The van der Waals surface area contributed by atoms with Gasteiger partial charge in [-0.2, -0.15) is 5.26 Å². The number of nitriles is 1. The molecule has 62 valence electrons. The summed E-state index contributed by atoms with van der Waals surface area (Å²) >= 11 is 0. The van der Waals surface area contributed by atoms with E-state index in [0.717, 1.165) is 13.0 Å². The van der Waals surface area contributed by atoms with E-state index < -0.39 is 0 Å². The highest BCUT2D eigenvalue weighted by molar-refractivity contribution is 5.07. The third-order valence-electron chi connectivity index (χ3n) is 2.58. The van der Waals surface area contributed by atoms with Gasteiger partial charge in [0.25, 0.3) is 0 Å². The number of rotatable bonds is 2. The van der Waals surface area contributed by atoms with Crippen molar-refractivity contribution in [2.45, 2.75) is 19.9 Å². The standard InChI is InChI=1S/C10H12N2/c1-8-3-2-4-12(8)7-10-5-9(10)6-11/h2-4,9-10H,5,7H2,1H3. The molecular formula is C10H12N2. The lowest BCUT2D eigenvalue weighted by Gasteiger charge is -2.03. The lowest BCUT2D eigenvalue weighted by Crippen LogP contribution is -2.00. The first-order chi connectivity index (χ1) is 5.81. The molecule has 2 atom stereocenters. The zero-order valence-corrected chi connectivity index (χ0v) is 7.20. The van der Waals surface area contributed by atoms with Crippen molar-refractivity contribution in [3.63, 3.8) is 0 Å². The van der Waals surface area contributed by atoms with E-state index in [9.17, 15) is 0 Å². The molecule has 0 N–H and O–H groups in total. The molecule has 1 aliphatic carbocycles. The van der Waals surface area contributed by atoms with Crippen LogP contribution in [-0.2, 0) is 6.54 Å². The van der Waals surface area contributed by atoms with Crippen LogP contribution < -0.4 is 0 Å². The van der Waals surface area contributed by atoms with E-state index in [1.807, 2.05) is 0 Å². The van der Waals surface area contributed by atoms with Crippen molar-refractivity contribution in [1.29, 1.82) is 5.26 Å². The van der Waals surface area contributed by atoms with Crippen LogP contribution in [0.1, 0.15) is 12.1 Å². The van der Waals surface area contributed by atoms with Gasteiger partial charge < -0.3 is 4.57 Å². The van der Waals surface area contributed by atoms with Crippen LogP contribution in [0, 0.1) is 30.1 Å². The molecule has 1 aromatic rings. The predicted octanol–water partition coefficient (Wildman–Crippen LogP) is 1.96. The monoisotopic (exact) mass is 160 g/mol. The predicted molar refractivity (Wildman–Crippen MR) is 46.4 cm³/mol. The van der Waals surface area contributed by atoms with E-state index in [2.05, 4.69) is 35.9 Å². The zero-order chi connectivity index (χ0) is 8.55. The Labute approximate surface area is 72.4 Å². The maximum absolute atomic E-state index is 8.62. The van der Waals surface area contributed by atoms with Gasteiger partial charge in [-0.3, -0.25) is 0 Å². The molecule has 0 aromatic carbocycles. The second-order valence-electron chi connectivity index (χ2n) is 3.53. The van der Waals surface area contributed by atoms with E-state index in [1.165, 1.54) is 5.69 Å². The SMILES string of the molecule is Cc1cccn1CC1CC1C#N. The largest absolute Gasteiger partial charge is 0.351 e. The van der Waals surface area contributed by atoms with Crippen molar-refractivity contribution < 1.29 is 0 Å². The molecule has 0 bridgehead atoms. The van der Waals surface area contributed by atoms with Gasteiger partial charge in [0.1, 0.15) is 0 Å². The summed E-state index contributed by atoms with van der Waals surface area (Å²) in [5, 5.41) is 8.62. The molecule has 0 amide bonds. The number of aromatic nitrogens is 1. The molecule has 2 unspecified atom stereocenters. The average Bonchev–Trinajstić information content (AvgIpc) is 2.70. The van der Waals surface area contributed by atoms with Crippen molar-refractivity contribution >= 4 is 0 Å². The summed E-state index contributed by atoms with van der Waals surface area (Å²) in [6.07, 6.45) is 3.18. The fraction of sp³-hybridized carbons (Fsp3) is 0.500. The molecular weight excluding hydrogens is 148 g/mol. The molecule has 1 aliphatic rings. The van der Waals surface area contributed by atoms with Gasteiger partial charge in [-0.25, -0.2) is 0 Å². The van der Waals surface area contributed by atoms with Crippen LogP contribution in [-0.4, -0.2) is 4.57 Å². The Morgan fingerprint density at radius 3 is 3.08 bits per heavy atom. The smallest absolute Gasteiger partial charge is 0.0659 e. The van der Waals surface area contributed by atoms with Gasteiger partial charge in [0.2, 0.25) is 0 Å². The molecule has 0 saturated heterocycles. The normalized spacial score (nSPS) is 26.7. The second-order valence-corrected chi connectivity index (χ2v) is 3.53. The highest BCUT2D eigenvalue weighted by Crippen LogP contribution is 2.39. The zero-order valence-electron chi connectivity index (χ0n) is 7.20. The highest BCUT2D eigenvalue weighted by atomic mass is 15.0. The fourth-order valence-corrected chi connectivity index (χ4v) is 1.56. The summed E-state index contributed by atoms with van der Waals surface area (Å²) in [6, 6.07) is 6.46. The molecule has 2 nitrogen and oxygen atoms in total. The van der Waals surface area contributed by atoms with Gasteiger partial charge in [0, 0.05) is 18.4 Å². The van der Waals surface area contributed by atoms with Gasteiger partial charge in [-0.15, -0.1) is 0 Å². The Bertz CT molecular complexity index is 319. The van der Waals surface area contributed by atoms with E-state index in [1.54, 1.807) is 0 Å². The van der Waals surface area contributed by atoms with Crippen molar-refractivity contribution in [3.05, 3.63) is 24.0 Å². The topological polar surface area (TPSA) is 28.7 Å². The maximum Gasteiger partial charge on any atom is 0.0659 e. The number of nitrogens with zero attached hydrogens (tertiary/aromatic N) is 2. The minimum absolute atomic E-state index is 0.326. The Hall–Kier alpha value is -1.23. The third kappa shape index (κ3) is 1.23. The lowest BCUT2D eigenvalue weighted by molar-refractivity contribution is 0.599. The van der Waals surface area contributed by atoms with Crippen molar-refractivity contribution in [2.75, 3.05) is 0 Å². The molecule has 1 saturated carbocycles. The van der Waals surface area contributed by atoms with Gasteiger partial charge in [0.15, 0.2) is 0 Å². The maximum atomic E-state index is 8.62. The quantitative estimate of drug-likeness (QED) is 0.650. The van der Waals surface area contributed by atoms with E-state index >= 15 is 0 Å². The first-order valence-corrected chi connectivity index (χ1v) is 4.32. The average molecular weight is 160 g/mol. The molecule has 1 fully saturated rings. The van der Waals surface area contributed by atoms with Gasteiger partial charge in [-0.1, -0.05) is 0 Å². The number of hydrogen-bond acceptors (Lipinski definition) is 1. The number of hydrogen-bond donors (Lipinski definition) is 0. The summed E-state index contributed by atoms with van der Waals surface area (Å²) in [6.45, 7) is 3.13. The fourth-order valence-electron chi connectivity index (χ4n) is 1.56. The molecule has 2 rings (SSSR count). The van der Waals surface area contributed by atoms with Gasteiger partial charge >= 0.3 is 0 Å². The molecule has 2 heteroatoms. The number of aryl methyl sites for hydroxylation is 1. The van der Waals surface area contributed by atoms with E-state index in [0.29, 0.717) is 11.8 Å². The Balaban J connectivity index is 1.98. The van der Waals surface area contributed by atoms with Crippen molar-refractivity contribution in [3.8, 4) is 6.07 Å². The van der Waals surface area contributed by atoms with Gasteiger partial charge in [0.05, 0.1) is 12.0 Å². The second kappa shape index (κ2) is 2.67. The van der Waals surface area contributed by atoms with Crippen molar-refractivity contribution in [2.24, 2.45) is 11.8 Å². The van der Waals surface area contributed by atoms with Crippen molar-refractivity contribution in [1.82, 2.24) is 4.57 Å². The summed E-state index contributed by atoms with van der Waals surface area (Å²) in [4.78, 5) is 0. The minimum atomic E-state index is 0.326. The molecule has 0 spiro atoms. The molecule has 1 heterocycles. The summed E-state index contributed by atoms with van der Waals surface area (Å²) in [5.74, 6) is 0.938. The summed E-state index contributed by atoms with van der Waals surface area (Å²) in [5.41, 5.74) is 1.29. The Kier molecular flexibility index (Phi) is 1.65. The van der Waals surface area contributed by atoms with E-state index in [-0.39, 0.29) is 0 Å². The van der Waals surface area contributed by atoms with Crippen LogP contribution in [0.3, 0.4) is 0 Å².